The van der Waals surface area contributed by atoms with Crippen molar-refractivity contribution in [2.24, 2.45) is 0 Å². The van der Waals surface area contributed by atoms with Crippen LogP contribution in [0.15, 0.2) is 18.7 Å². The number of aromatic nitrogens is 4. The van der Waals surface area contributed by atoms with E-state index in [1.807, 2.05) is 6.08 Å². The third-order valence-corrected chi connectivity index (χ3v) is 1.95. The van der Waals surface area contributed by atoms with E-state index in [1.165, 1.54) is 0 Å². The third-order valence-electron chi connectivity index (χ3n) is 1.95. The van der Waals surface area contributed by atoms with Crippen molar-refractivity contribution >= 4 is 5.70 Å². The number of tetrazole rings is 1. The van der Waals surface area contributed by atoms with Crippen molar-refractivity contribution in [2.75, 3.05) is 13.1 Å². The highest BCUT2D eigenvalue weighted by Crippen LogP contribution is 2.13. The molecule has 1 heterocycles. The van der Waals surface area contributed by atoms with Crippen LogP contribution in [0.2, 0.25) is 0 Å². The first-order chi connectivity index (χ1) is 6.83. The van der Waals surface area contributed by atoms with Gasteiger partial charge in [-0.3, -0.25) is 0 Å². The van der Waals surface area contributed by atoms with E-state index in [-0.39, 0.29) is 0 Å². The third kappa shape index (κ3) is 2.18. The molecule has 0 aromatic carbocycles. The first-order valence-corrected chi connectivity index (χ1v) is 4.64. The van der Waals surface area contributed by atoms with Crippen LogP contribution in [0.4, 0.5) is 0 Å². The normalized spacial score (nSPS) is 11.4. The molecule has 0 fully saturated rings. The second-order valence-electron chi connectivity index (χ2n) is 2.70. The van der Waals surface area contributed by atoms with Crippen LogP contribution in [0.1, 0.15) is 19.7 Å². The van der Waals surface area contributed by atoms with Gasteiger partial charge in [-0.15, -0.1) is 10.2 Å². The van der Waals surface area contributed by atoms with E-state index in [4.69, 9.17) is 0 Å². The van der Waals surface area contributed by atoms with Crippen molar-refractivity contribution in [3.63, 3.8) is 0 Å². The van der Waals surface area contributed by atoms with Gasteiger partial charge in [-0.2, -0.15) is 5.21 Å². The molecule has 0 atom stereocenters. The lowest BCUT2D eigenvalue weighted by Gasteiger charge is -2.21. The van der Waals surface area contributed by atoms with Crippen molar-refractivity contribution < 1.29 is 0 Å². The average molecular weight is 193 g/mol. The average Bonchev–Trinajstić information content (AvgIpc) is 2.71. The molecule has 0 aliphatic heterocycles. The van der Waals surface area contributed by atoms with E-state index in [1.54, 1.807) is 6.08 Å². The molecule has 1 aromatic heterocycles. The van der Waals surface area contributed by atoms with Gasteiger partial charge in [-0.1, -0.05) is 12.7 Å². The fourth-order valence-corrected chi connectivity index (χ4v) is 1.27. The molecule has 0 unspecified atom stereocenters. The Hall–Kier alpha value is -1.65. The number of rotatable bonds is 5. The maximum absolute atomic E-state index is 3.95. The number of H-pyrrole nitrogens is 1. The number of hydrogen-bond donors (Lipinski definition) is 1. The Bertz CT molecular complexity index is 297. The molecule has 0 saturated heterocycles. The SMILES string of the molecule is C=CC=C(c1nn[nH]n1)N(CC)CC. The van der Waals surface area contributed by atoms with E-state index in [2.05, 4.69) is 46.0 Å². The van der Waals surface area contributed by atoms with Crippen LogP contribution >= 0.6 is 0 Å². The lowest BCUT2D eigenvalue weighted by Crippen LogP contribution is -2.21. The van der Waals surface area contributed by atoms with Gasteiger partial charge in [0.15, 0.2) is 0 Å². The van der Waals surface area contributed by atoms with Gasteiger partial charge >= 0.3 is 0 Å². The first kappa shape index (κ1) is 10.4. The molecule has 1 N–H and O–H groups in total. The largest absolute Gasteiger partial charge is 0.369 e. The van der Waals surface area contributed by atoms with Crippen LogP contribution in [0.5, 0.6) is 0 Å². The summed E-state index contributed by atoms with van der Waals surface area (Å²) in [6.45, 7) is 9.65. The van der Waals surface area contributed by atoms with Gasteiger partial charge in [-0.25, -0.2) is 0 Å². The van der Waals surface area contributed by atoms with Gasteiger partial charge < -0.3 is 4.90 Å². The fourth-order valence-electron chi connectivity index (χ4n) is 1.27. The summed E-state index contributed by atoms with van der Waals surface area (Å²) in [6, 6.07) is 0. The highest BCUT2D eigenvalue weighted by atomic mass is 15.5. The Balaban J connectivity index is 2.95. The quantitative estimate of drug-likeness (QED) is 0.711. The number of nitrogens with zero attached hydrogens (tertiary/aromatic N) is 4. The van der Waals surface area contributed by atoms with Gasteiger partial charge in [0.05, 0.1) is 5.70 Å². The molecule has 14 heavy (non-hydrogen) atoms. The van der Waals surface area contributed by atoms with Crippen molar-refractivity contribution in [1.82, 2.24) is 25.5 Å². The lowest BCUT2D eigenvalue weighted by atomic mass is 10.3. The zero-order valence-corrected chi connectivity index (χ0v) is 8.56. The highest BCUT2D eigenvalue weighted by Gasteiger charge is 2.11. The van der Waals surface area contributed by atoms with Crippen LogP contribution in [0, 0.1) is 0 Å². The Kier molecular flexibility index (Phi) is 3.84. The minimum absolute atomic E-state index is 0.605. The van der Waals surface area contributed by atoms with E-state index in [0.29, 0.717) is 5.82 Å². The number of hydrogen-bond acceptors (Lipinski definition) is 4. The molecule has 76 valence electrons. The van der Waals surface area contributed by atoms with Crippen molar-refractivity contribution in [1.29, 1.82) is 0 Å². The molecular formula is C9H15N5. The van der Waals surface area contributed by atoms with Crippen LogP contribution in [-0.4, -0.2) is 38.6 Å². The minimum Gasteiger partial charge on any atom is -0.369 e. The van der Waals surface area contributed by atoms with Crippen LogP contribution < -0.4 is 0 Å². The number of nitrogens with one attached hydrogen (secondary N) is 1. The molecule has 5 nitrogen and oxygen atoms in total. The summed E-state index contributed by atoms with van der Waals surface area (Å²) >= 11 is 0. The topological polar surface area (TPSA) is 57.7 Å². The maximum atomic E-state index is 3.95. The molecule has 5 heteroatoms. The standard InChI is InChI=1S/C9H15N5/c1-4-7-8(14(5-2)6-3)9-10-12-13-11-9/h4,7H,1,5-6H2,2-3H3,(H,10,11,12,13). The first-order valence-electron chi connectivity index (χ1n) is 4.64. The molecule has 1 rings (SSSR count). The van der Waals surface area contributed by atoms with Crippen LogP contribution in [0.3, 0.4) is 0 Å². The summed E-state index contributed by atoms with van der Waals surface area (Å²) in [6.07, 6.45) is 3.61. The van der Waals surface area contributed by atoms with Gasteiger partial charge in [-0.05, 0) is 25.1 Å². The van der Waals surface area contributed by atoms with Gasteiger partial charge in [0.1, 0.15) is 0 Å². The smallest absolute Gasteiger partial charge is 0.220 e. The van der Waals surface area contributed by atoms with Crippen molar-refractivity contribution in [3.8, 4) is 0 Å². The highest BCUT2D eigenvalue weighted by molar-refractivity contribution is 5.59. The molecule has 0 radical (unpaired) electrons. The molecule has 0 amide bonds. The molecule has 1 aromatic rings. The van der Waals surface area contributed by atoms with E-state index in [9.17, 15) is 0 Å². The van der Waals surface area contributed by atoms with E-state index in [0.717, 1.165) is 18.8 Å². The summed E-state index contributed by atoms with van der Waals surface area (Å²) in [5, 5.41) is 13.9. The van der Waals surface area contributed by atoms with Gasteiger partial charge in [0.2, 0.25) is 5.82 Å². The summed E-state index contributed by atoms with van der Waals surface area (Å²) < 4.78 is 0. The minimum atomic E-state index is 0.605. The Morgan fingerprint density at radius 2 is 2.21 bits per heavy atom. The van der Waals surface area contributed by atoms with Gasteiger partial charge in [0.25, 0.3) is 0 Å². The fraction of sp³-hybridized carbons (Fsp3) is 0.444. The van der Waals surface area contributed by atoms with Crippen LogP contribution in [-0.2, 0) is 0 Å². The van der Waals surface area contributed by atoms with Crippen molar-refractivity contribution in [2.45, 2.75) is 13.8 Å². The number of allylic oxidation sites excluding steroid dienone is 2. The molecule has 0 saturated carbocycles. The Morgan fingerprint density at radius 3 is 2.64 bits per heavy atom. The zero-order chi connectivity index (χ0) is 10.4. The molecule has 0 bridgehead atoms. The number of aromatic amines is 1. The summed E-state index contributed by atoms with van der Waals surface area (Å²) in [7, 11) is 0. The lowest BCUT2D eigenvalue weighted by molar-refractivity contribution is 0.438. The zero-order valence-electron chi connectivity index (χ0n) is 8.56. The second kappa shape index (κ2) is 5.16. The summed E-state index contributed by atoms with van der Waals surface area (Å²) in [5.74, 6) is 0.605. The molecular weight excluding hydrogens is 178 g/mol. The maximum Gasteiger partial charge on any atom is 0.220 e. The Morgan fingerprint density at radius 1 is 1.50 bits per heavy atom. The monoisotopic (exact) mass is 193 g/mol. The van der Waals surface area contributed by atoms with E-state index >= 15 is 0 Å². The molecule has 0 spiro atoms. The molecule has 0 aliphatic carbocycles. The van der Waals surface area contributed by atoms with Crippen molar-refractivity contribution in [3.05, 3.63) is 24.6 Å². The second-order valence-corrected chi connectivity index (χ2v) is 2.70. The summed E-state index contributed by atoms with van der Waals surface area (Å²) in [4.78, 5) is 2.15. The molecule has 0 aliphatic rings. The van der Waals surface area contributed by atoms with Crippen LogP contribution in [0.25, 0.3) is 5.70 Å². The predicted octanol–water partition coefficient (Wildman–Crippen LogP) is 1.07. The van der Waals surface area contributed by atoms with E-state index < -0.39 is 0 Å². The van der Waals surface area contributed by atoms with Gasteiger partial charge in [0, 0.05) is 13.1 Å². The summed E-state index contributed by atoms with van der Waals surface area (Å²) in [5.41, 5.74) is 0.943. The Labute approximate surface area is 83.5 Å². The predicted molar refractivity (Wildman–Crippen MR) is 55.3 cm³/mol.